The molecule has 1 fully saturated rings. The highest BCUT2D eigenvalue weighted by Crippen LogP contribution is 2.32. The van der Waals surface area contributed by atoms with E-state index in [0.717, 1.165) is 12.0 Å². The van der Waals surface area contributed by atoms with Crippen LogP contribution in [0.1, 0.15) is 12.8 Å². The van der Waals surface area contributed by atoms with Gasteiger partial charge in [0.15, 0.2) is 0 Å². The Balaban J connectivity index is 1.94. The van der Waals surface area contributed by atoms with E-state index in [1.165, 1.54) is 12.1 Å². The summed E-state index contributed by atoms with van der Waals surface area (Å²) in [5.74, 6) is -0.568. The molecule has 4 rings (SSSR count). The van der Waals surface area contributed by atoms with E-state index in [1.54, 1.807) is 11.0 Å². The van der Waals surface area contributed by atoms with Gasteiger partial charge >= 0.3 is 5.97 Å². The maximum absolute atomic E-state index is 11.6. The zero-order valence-corrected chi connectivity index (χ0v) is 14.3. The second-order valence-corrected chi connectivity index (χ2v) is 6.39. The molecular formula is C19H16N4O4. The number of nitro groups is 1. The second kappa shape index (κ2) is 6.64. The van der Waals surface area contributed by atoms with Crippen molar-refractivity contribution >= 4 is 28.5 Å². The zero-order valence-electron chi connectivity index (χ0n) is 14.3. The minimum atomic E-state index is -0.902. The normalized spacial score (nSPS) is 16.6. The summed E-state index contributed by atoms with van der Waals surface area (Å²) in [5, 5.41) is 21.2. The predicted octanol–water partition coefficient (Wildman–Crippen LogP) is 3.26. The topological polar surface area (TPSA) is 109 Å². The van der Waals surface area contributed by atoms with E-state index in [0.29, 0.717) is 35.5 Å². The summed E-state index contributed by atoms with van der Waals surface area (Å²) in [6.45, 7) is 0.559. The first kappa shape index (κ1) is 16.9. The molecule has 1 atom stereocenters. The summed E-state index contributed by atoms with van der Waals surface area (Å²) in [7, 11) is 0. The number of carboxylic acid groups (broad SMARTS) is 1. The summed E-state index contributed by atoms with van der Waals surface area (Å²) in [5.41, 5.74) is 1.84. The van der Waals surface area contributed by atoms with Crippen molar-refractivity contribution in [1.29, 1.82) is 0 Å². The second-order valence-electron chi connectivity index (χ2n) is 6.39. The van der Waals surface area contributed by atoms with Crippen LogP contribution in [0.25, 0.3) is 22.2 Å². The fourth-order valence-electron chi connectivity index (χ4n) is 3.43. The molecule has 0 spiro atoms. The van der Waals surface area contributed by atoms with Gasteiger partial charge < -0.3 is 10.0 Å². The molecule has 0 bridgehead atoms. The maximum atomic E-state index is 11.6. The highest BCUT2D eigenvalue weighted by Gasteiger charge is 2.33. The lowest BCUT2D eigenvalue weighted by molar-refractivity contribution is -0.384. The van der Waals surface area contributed by atoms with Crippen molar-refractivity contribution in [2.24, 2.45) is 0 Å². The van der Waals surface area contributed by atoms with Crippen molar-refractivity contribution in [2.75, 3.05) is 11.4 Å². The van der Waals surface area contributed by atoms with Crippen LogP contribution in [0, 0.1) is 10.1 Å². The Morgan fingerprint density at radius 2 is 1.96 bits per heavy atom. The molecule has 1 N–H and O–H groups in total. The Morgan fingerprint density at radius 3 is 2.67 bits per heavy atom. The molecule has 0 unspecified atom stereocenters. The van der Waals surface area contributed by atoms with Gasteiger partial charge in [-0.2, -0.15) is 0 Å². The molecule has 2 aromatic carbocycles. The van der Waals surface area contributed by atoms with E-state index in [2.05, 4.69) is 9.97 Å². The number of carbonyl (C=O) groups is 1. The number of carboxylic acids is 1. The van der Waals surface area contributed by atoms with Gasteiger partial charge in [0.1, 0.15) is 6.04 Å². The van der Waals surface area contributed by atoms with Crippen LogP contribution in [-0.2, 0) is 4.79 Å². The Labute approximate surface area is 154 Å². The van der Waals surface area contributed by atoms with Crippen LogP contribution in [0.4, 0.5) is 11.6 Å². The third kappa shape index (κ3) is 3.05. The lowest BCUT2D eigenvalue weighted by Crippen LogP contribution is -2.37. The molecule has 3 aromatic rings. The lowest BCUT2D eigenvalue weighted by Gasteiger charge is -2.22. The van der Waals surface area contributed by atoms with Crippen molar-refractivity contribution < 1.29 is 14.8 Å². The molecule has 1 aliphatic heterocycles. The summed E-state index contributed by atoms with van der Waals surface area (Å²) < 4.78 is 0. The standard InChI is InChI=1S/C19H16N4O4/c24-18(25)16-7-4-10-22(16)19-20-15-9-8-13(23(26)27)11-14(15)17(21-19)12-5-2-1-3-6-12/h1-3,5-6,8-9,11,16H,4,7,10H2,(H,24,25)/t16-/m0/s1. The van der Waals surface area contributed by atoms with Gasteiger partial charge in [-0.25, -0.2) is 14.8 Å². The monoisotopic (exact) mass is 364 g/mol. The van der Waals surface area contributed by atoms with Gasteiger partial charge in [-0.1, -0.05) is 30.3 Å². The van der Waals surface area contributed by atoms with Crippen molar-refractivity contribution in [2.45, 2.75) is 18.9 Å². The number of benzene rings is 2. The molecular weight excluding hydrogens is 348 g/mol. The summed E-state index contributed by atoms with van der Waals surface area (Å²) >= 11 is 0. The van der Waals surface area contributed by atoms with Gasteiger partial charge in [-0.05, 0) is 18.9 Å². The molecule has 1 saturated heterocycles. The lowest BCUT2D eigenvalue weighted by atomic mass is 10.1. The van der Waals surface area contributed by atoms with E-state index in [1.807, 2.05) is 30.3 Å². The number of aliphatic carboxylic acids is 1. The highest BCUT2D eigenvalue weighted by molar-refractivity contribution is 5.94. The van der Waals surface area contributed by atoms with E-state index < -0.39 is 16.9 Å². The van der Waals surface area contributed by atoms with Crippen LogP contribution >= 0.6 is 0 Å². The molecule has 1 aliphatic rings. The van der Waals surface area contributed by atoms with E-state index >= 15 is 0 Å². The number of hydrogen-bond donors (Lipinski definition) is 1. The van der Waals surface area contributed by atoms with Gasteiger partial charge in [-0.15, -0.1) is 0 Å². The zero-order chi connectivity index (χ0) is 19.0. The average molecular weight is 364 g/mol. The van der Waals surface area contributed by atoms with Gasteiger partial charge in [0.25, 0.3) is 5.69 Å². The van der Waals surface area contributed by atoms with Crippen LogP contribution in [0.5, 0.6) is 0 Å². The van der Waals surface area contributed by atoms with Crippen LogP contribution in [0.3, 0.4) is 0 Å². The Kier molecular flexibility index (Phi) is 4.15. The van der Waals surface area contributed by atoms with Gasteiger partial charge in [-0.3, -0.25) is 10.1 Å². The first-order valence-electron chi connectivity index (χ1n) is 8.55. The smallest absolute Gasteiger partial charge is 0.326 e. The fraction of sp³-hybridized carbons (Fsp3) is 0.211. The Morgan fingerprint density at radius 1 is 1.19 bits per heavy atom. The van der Waals surface area contributed by atoms with E-state index in [-0.39, 0.29) is 5.69 Å². The van der Waals surface area contributed by atoms with Gasteiger partial charge in [0.2, 0.25) is 5.95 Å². The maximum Gasteiger partial charge on any atom is 0.326 e. The molecule has 2 heterocycles. The number of hydrogen-bond acceptors (Lipinski definition) is 6. The molecule has 1 aromatic heterocycles. The molecule has 0 radical (unpaired) electrons. The quantitative estimate of drug-likeness (QED) is 0.559. The van der Waals surface area contributed by atoms with Crippen molar-refractivity contribution in [3.8, 4) is 11.3 Å². The number of aromatic nitrogens is 2. The SMILES string of the molecule is O=C(O)[C@@H]1CCCN1c1nc(-c2ccccc2)c2cc([N+](=O)[O-])ccc2n1. The van der Waals surface area contributed by atoms with Crippen LogP contribution in [0.2, 0.25) is 0 Å². The largest absolute Gasteiger partial charge is 0.480 e. The number of nitrogens with zero attached hydrogens (tertiary/aromatic N) is 4. The van der Waals surface area contributed by atoms with Gasteiger partial charge in [0.05, 0.1) is 16.1 Å². The summed E-state index contributed by atoms with van der Waals surface area (Å²) in [6.07, 6.45) is 1.29. The first-order chi connectivity index (χ1) is 13.0. The number of anilines is 1. The Hall–Kier alpha value is -3.55. The number of non-ortho nitro benzene ring substituents is 1. The summed E-state index contributed by atoms with van der Waals surface area (Å²) in [4.78, 5) is 33.1. The molecule has 27 heavy (non-hydrogen) atoms. The van der Waals surface area contributed by atoms with E-state index in [9.17, 15) is 20.0 Å². The number of rotatable bonds is 4. The van der Waals surface area contributed by atoms with Crippen LogP contribution in [0.15, 0.2) is 48.5 Å². The average Bonchev–Trinajstić information content (AvgIpc) is 3.17. The van der Waals surface area contributed by atoms with E-state index in [4.69, 9.17) is 0 Å². The number of nitro benzene ring substituents is 1. The molecule has 0 amide bonds. The molecule has 136 valence electrons. The van der Waals surface area contributed by atoms with Crippen molar-refractivity contribution in [3.05, 3.63) is 58.6 Å². The third-order valence-corrected chi connectivity index (χ3v) is 4.72. The summed E-state index contributed by atoms with van der Waals surface area (Å²) in [6, 6.07) is 13.1. The molecule has 0 saturated carbocycles. The fourth-order valence-corrected chi connectivity index (χ4v) is 3.43. The molecule has 8 nitrogen and oxygen atoms in total. The first-order valence-corrected chi connectivity index (χ1v) is 8.55. The minimum absolute atomic E-state index is 0.0411. The van der Waals surface area contributed by atoms with Gasteiger partial charge in [0, 0.05) is 29.6 Å². The minimum Gasteiger partial charge on any atom is -0.480 e. The highest BCUT2D eigenvalue weighted by atomic mass is 16.6. The molecule has 8 heteroatoms. The molecule has 0 aliphatic carbocycles. The van der Waals surface area contributed by atoms with Crippen molar-refractivity contribution in [1.82, 2.24) is 9.97 Å². The Bertz CT molecular complexity index is 1040. The predicted molar refractivity (Wildman–Crippen MR) is 99.6 cm³/mol. The van der Waals surface area contributed by atoms with Crippen LogP contribution in [-0.4, -0.2) is 38.6 Å². The third-order valence-electron chi connectivity index (χ3n) is 4.72. The number of fused-ring (bicyclic) bond motifs is 1. The van der Waals surface area contributed by atoms with Crippen molar-refractivity contribution in [3.63, 3.8) is 0 Å². The van der Waals surface area contributed by atoms with Crippen LogP contribution < -0.4 is 4.90 Å².